The normalized spacial score (nSPS) is 12.7. The zero-order valence-corrected chi connectivity index (χ0v) is 10.3. The number of carbonyl (C=O) groups is 1. The molecule has 1 aromatic rings. The Morgan fingerprint density at radius 2 is 2.00 bits per heavy atom. The molecule has 0 bridgehead atoms. The minimum atomic E-state index is -0.778. The van der Waals surface area contributed by atoms with E-state index in [1.54, 1.807) is 7.11 Å². The lowest BCUT2D eigenvalue weighted by atomic mass is 10.0. The van der Waals surface area contributed by atoms with Crippen molar-refractivity contribution in [2.24, 2.45) is 0 Å². The molecule has 18 heavy (non-hydrogen) atoms. The highest BCUT2D eigenvalue weighted by Gasteiger charge is 2.21. The lowest BCUT2D eigenvalue weighted by Crippen LogP contribution is -1.98. The van der Waals surface area contributed by atoms with Crippen LogP contribution in [0.1, 0.15) is 24.0 Å². The second-order valence-electron chi connectivity index (χ2n) is 4.13. The van der Waals surface area contributed by atoms with Crippen LogP contribution in [0.15, 0.2) is 12.1 Å². The van der Waals surface area contributed by atoms with Crippen LogP contribution in [-0.2, 0) is 22.6 Å². The smallest absolute Gasteiger partial charge is 0.303 e. The zero-order valence-electron chi connectivity index (χ0n) is 10.3. The van der Waals surface area contributed by atoms with Gasteiger partial charge in [0.1, 0.15) is 0 Å². The lowest BCUT2D eigenvalue weighted by molar-refractivity contribution is -0.137. The van der Waals surface area contributed by atoms with E-state index in [2.05, 4.69) is 0 Å². The van der Waals surface area contributed by atoms with Crippen LogP contribution < -0.4 is 9.47 Å². The van der Waals surface area contributed by atoms with E-state index in [9.17, 15) is 4.79 Å². The Morgan fingerprint density at radius 3 is 2.67 bits per heavy atom. The Hall–Kier alpha value is -1.75. The van der Waals surface area contributed by atoms with Crippen LogP contribution >= 0.6 is 0 Å². The first-order valence-electron chi connectivity index (χ1n) is 5.83. The van der Waals surface area contributed by atoms with E-state index in [4.69, 9.17) is 19.3 Å². The summed E-state index contributed by atoms with van der Waals surface area (Å²) in [5, 5.41) is 8.63. The van der Waals surface area contributed by atoms with Gasteiger partial charge in [-0.1, -0.05) is 12.1 Å². The summed E-state index contributed by atoms with van der Waals surface area (Å²) in [5.41, 5.74) is 1.94. The molecule has 1 heterocycles. The van der Waals surface area contributed by atoms with Gasteiger partial charge in [-0.25, -0.2) is 0 Å². The summed E-state index contributed by atoms with van der Waals surface area (Å²) in [6, 6.07) is 3.89. The van der Waals surface area contributed by atoms with E-state index in [-0.39, 0.29) is 13.2 Å². The van der Waals surface area contributed by atoms with Crippen LogP contribution in [-0.4, -0.2) is 25.0 Å². The number of benzene rings is 1. The molecular weight excluding hydrogens is 236 g/mol. The second kappa shape index (κ2) is 5.73. The number of carboxylic acids is 1. The molecule has 0 spiro atoms. The number of fused-ring (bicyclic) bond motifs is 1. The molecule has 0 aliphatic carbocycles. The third-order valence-corrected chi connectivity index (χ3v) is 2.82. The van der Waals surface area contributed by atoms with E-state index in [0.29, 0.717) is 19.4 Å². The molecule has 2 rings (SSSR count). The van der Waals surface area contributed by atoms with Crippen molar-refractivity contribution in [3.05, 3.63) is 23.3 Å². The molecule has 0 fully saturated rings. The summed E-state index contributed by atoms with van der Waals surface area (Å²) in [4.78, 5) is 10.5. The number of aryl methyl sites for hydroxylation is 1. The van der Waals surface area contributed by atoms with Crippen molar-refractivity contribution in [3.63, 3.8) is 0 Å². The van der Waals surface area contributed by atoms with Crippen LogP contribution in [0.3, 0.4) is 0 Å². The largest absolute Gasteiger partial charge is 0.481 e. The fraction of sp³-hybridized carbons (Fsp3) is 0.462. The summed E-state index contributed by atoms with van der Waals surface area (Å²) >= 11 is 0. The molecule has 1 aromatic carbocycles. The maximum Gasteiger partial charge on any atom is 0.303 e. The van der Waals surface area contributed by atoms with Gasteiger partial charge in [-0.2, -0.15) is 0 Å². The van der Waals surface area contributed by atoms with Gasteiger partial charge in [-0.3, -0.25) is 4.79 Å². The molecule has 5 nitrogen and oxygen atoms in total. The van der Waals surface area contributed by atoms with Gasteiger partial charge in [0.2, 0.25) is 6.79 Å². The molecule has 1 N–H and O–H groups in total. The first kappa shape index (κ1) is 12.7. The van der Waals surface area contributed by atoms with Crippen LogP contribution in [0.2, 0.25) is 0 Å². The highest BCUT2D eigenvalue weighted by molar-refractivity contribution is 5.66. The molecular formula is C13H16O5. The summed E-state index contributed by atoms with van der Waals surface area (Å²) in [6.45, 7) is 0.684. The average molecular weight is 252 g/mol. The Morgan fingerprint density at radius 1 is 1.33 bits per heavy atom. The Bertz CT molecular complexity index is 441. The maximum atomic E-state index is 10.5. The summed E-state index contributed by atoms with van der Waals surface area (Å²) in [7, 11) is 1.63. The summed E-state index contributed by atoms with van der Waals surface area (Å²) < 4.78 is 16.0. The van der Waals surface area contributed by atoms with E-state index in [1.165, 1.54) is 0 Å². The highest BCUT2D eigenvalue weighted by atomic mass is 16.7. The Kier molecular flexibility index (Phi) is 4.04. The monoisotopic (exact) mass is 252 g/mol. The van der Waals surface area contributed by atoms with Crippen molar-refractivity contribution in [2.75, 3.05) is 13.9 Å². The van der Waals surface area contributed by atoms with E-state index in [0.717, 1.165) is 22.6 Å². The fourth-order valence-corrected chi connectivity index (χ4v) is 2.00. The van der Waals surface area contributed by atoms with Crippen molar-refractivity contribution in [1.82, 2.24) is 0 Å². The van der Waals surface area contributed by atoms with Crippen LogP contribution in [0.4, 0.5) is 0 Å². The number of aliphatic carboxylic acids is 1. The molecule has 98 valence electrons. The standard InChI is InChI=1S/C13H16O5/c1-16-7-10-6-5-9(3-2-4-11(14)15)12-13(10)18-8-17-12/h5-6H,2-4,7-8H2,1H3,(H,14,15). The number of carboxylic acid groups (broad SMARTS) is 1. The topological polar surface area (TPSA) is 65.0 Å². The molecule has 0 radical (unpaired) electrons. The predicted molar refractivity (Wildman–Crippen MR) is 63.9 cm³/mol. The van der Waals surface area contributed by atoms with Crippen LogP contribution in [0.25, 0.3) is 0 Å². The second-order valence-corrected chi connectivity index (χ2v) is 4.13. The number of hydrogen-bond acceptors (Lipinski definition) is 4. The predicted octanol–water partition coefficient (Wildman–Crippen LogP) is 1.97. The summed E-state index contributed by atoms with van der Waals surface area (Å²) in [5.74, 6) is 0.680. The van der Waals surface area contributed by atoms with E-state index < -0.39 is 5.97 Å². The fourth-order valence-electron chi connectivity index (χ4n) is 2.00. The Balaban J connectivity index is 2.12. The molecule has 0 saturated carbocycles. The highest BCUT2D eigenvalue weighted by Crippen LogP contribution is 2.39. The third kappa shape index (κ3) is 2.73. The van der Waals surface area contributed by atoms with Gasteiger partial charge in [-0.05, 0) is 18.4 Å². The average Bonchev–Trinajstić information content (AvgIpc) is 2.81. The van der Waals surface area contributed by atoms with Crippen molar-refractivity contribution in [3.8, 4) is 11.5 Å². The molecule has 1 aliphatic heterocycles. The Labute approximate surface area is 105 Å². The first-order chi connectivity index (χ1) is 8.72. The SMILES string of the molecule is COCc1ccc(CCCC(=O)O)c2c1OCO2. The number of hydrogen-bond donors (Lipinski definition) is 1. The van der Waals surface area contributed by atoms with Gasteiger partial charge >= 0.3 is 5.97 Å². The van der Waals surface area contributed by atoms with Crippen molar-refractivity contribution < 1.29 is 24.1 Å². The van der Waals surface area contributed by atoms with Gasteiger partial charge in [0.15, 0.2) is 11.5 Å². The molecule has 1 aliphatic rings. The van der Waals surface area contributed by atoms with Gasteiger partial charge < -0.3 is 19.3 Å². The van der Waals surface area contributed by atoms with Crippen molar-refractivity contribution in [2.45, 2.75) is 25.9 Å². The first-order valence-corrected chi connectivity index (χ1v) is 5.83. The minimum absolute atomic E-state index is 0.162. The number of methoxy groups -OCH3 is 1. The van der Waals surface area contributed by atoms with Crippen molar-refractivity contribution in [1.29, 1.82) is 0 Å². The maximum absolute atomic E-state index is 10.5. The molecule has 0 amide bonds. The van der Waals surface area contributed by atoms with E-state index >= 15 is 0 Å². The number of ether oxygens (including phenoxy) is 3. The van der Waals surface area contributed by atoms with Crippen LogP contribution in [0.5, 0.6) is 11.5 Å². The van der Waals surface area contributed by atoms with Crippen molar-refractivity contribution >= 4 is 5.97 Å². The van der Waals surface area contributed by atoms with Gasteiger partial charge in [0, 0.05) is 19.1 Å². The molecule has 0 unspecified atom stereocenters. The van der Waals surface area contributed by atoms with E-state index in [1.807, 2.05) is 12.1 Å². The molecule has 0 atom stereocenters. The summed E-state index contributed by atoms with van der Waals surface area (Å²) in [6.07, 6.45) is 1.43. The molecule has 0 saturated heterocycles. The lowest BCUT2D eigenvalue weighted by Gasteiger charge is -2.09. The zero-order chi connectivity index (χ0) is 13.0. The van der Waals surface area contributed by atoms with Crippen LogP contribution in [0, 0.1) is 0 Å². The molecule has 0 aromatic heterocycles. The van der Waals surface area contributed by atoms with Gasteiger partial charge in [0.25, 0.3) is 0 Å². The third-order valence-electron chi connectivity index (χ3n) is 2.82. The minimum Gasteiger partial charge on any atom is -0.481 e. The quantitative estimate of drug-likeness (QED) is 0.838. The number of rotatable bonds is 6. The van der Waals surface area contributed by atoms with Gasteiger partial charge in [-0.15, -0.1) is 0 Å². The molecule has 5 heteroatoms. The van der Waals surface area contributed by atoms with Gasteiger partial charge in [0.05, 0.1) is 6.61 Å².